The number of rotatable bonds is 2. The number of nitrogens with zero attached hydrogens (tertiary/aromatic N) is 3. The van der Waals surface area contributed by atoms with Crippen molar-refractivity contribution in [2.75, 3.05) is 5.32 Å². The van der Waals surface area contributed by atoms with Crippen molar-refractivity contribution in [3.8, 4) is 6.07 Å². The fourth-order valence-electron chi connectivity index (χ4n) is 1.39. The molecule has 2 aromatic rings. The molecule has 0 amide bonds. The maximum absolute atomic E-state index is 13.5. The van der Waals surface area contributed by atoms with Gasteiger partial charge in [0.05, 0.1) is 23.6 Å². The molecule has 0 spiro atoms. The summed E-state index contributed by atoms with van der Waals surface area (Å²) in [6, 6.07) is 3.72. The molecule has 1 aromatic carbocycles. The van der Waals surface area contributed by atoms with E-state index in [0.717, 1.165) is 12.4 Å². The number of hydrogen-bond donors (Lipinski definition) is 1. The lowest BCUT2D eigenvalue weighted by Crippen LogP contribution is -2.06. The van der Waals surface area contributed by atoms with Gasteiger partial charge in [-0.15, -0.1) is 0 Å². The normalized spacial score (nSPS) is 10.9. The Kier molecular flexibility index (Phi) is 3.52. The van der Waals surface area contributed by atoms with Gasteiger partial charge in [0.2, 0.25) is 0 Å². The Morgan fingerprint density at radius 1 is 1.15 bits per heavy atom. The van der Waals surface area contributed by atoms with Gasteiger partial charge in [-0.2, -0.15) is 18.4 Å². The van der Waals surface area contributed by atoms with E-state index in [1.807, 2.05) is 0 Å². The number of hydrogen-bond acceptors (Lipinski definition) is 4. The summed E-state index contributed by atoms with van der Waals surface area (Å²) in [5.41, 5.74) is -1.32. The molecule has 0 aliphatic rings. The lowest BCUT2D eigenvalue weighted by atomic mass is 10.2. The van der Waals surface area contributed by atoms with Crippen LogP contribution in [0, 0.1) is 17.1 Å². The second-order valence-corrected chi connectivity index (χ2v) is 3.72. The molecule has 2 rings (SSSR count). The predicted molar refractivity (Wildman–Crippen MR) is 61.4 cm³/mol. The van der Waals surface area contributed by atoms with E-state index in [4.69, 9.17) is 5.26 Å². The van der Waals surface area contributed by atoms with Gasteiger partial charge in [0.1, 0.15) is 17.7 Å². The first-order valence-electron chi connectivity index (χ1n) is 5.26. The minimum atomic E-state index is -4.57. The number of anilines is 2. The second kappa shape index (κ2) is 5.13. The van der Waals surface area contributed by atoms with Crippen molar-refractivity contribution in [2.24, 2.45) is 0 Å². The fourth-order valence-corrected chi connectivity index (χ4v) is 1.39. The van der Waals surface area contributed by atoms with E-state index in [0.29, 0.717) is 18.2 Å². The largest absolute Gasteiger partial charge is 0.416 e. The minimum Gasteiger partial charge on any atom is -0.337 e. The third-order valence-corrected chi connectivity index (χ3v) is 2.32. The maximum atomic E-state index is 13.5. The molecule has 20 heavy (non-hydrogen) atoms. The highest BCUT2D eigenvalue weighted by atomic mass is 19.4. The second-order valence-electron chi connectivity index (χ2n) is 3.72. The highest BCUT2D eigenvalue weighted by Crippen LogP contribution is 2.32. The molecule has 0 aliphatic heterocycles. The Hall–Kier alpha value is -2.69. The van der Waals surface area contributed by atoms with Crippen molar-refractivity contribution in [2.45, 2.75) is 6.18 Å². The highest BCUT2D eigenvalue weighted by Gasteiger charge is 2.31. The molecule has 0 atom stereocenters. The quantitative estimate of drug-likeness (QED) is 0.859. The van der Waals surface area contributed by atoms with Gasteiger partial charge >= 0.3 is 6.18 Å². The highest BCUT2D eigenvalue weighted by molar-refractivity contribution is 5.57. The minimum absolute atomic E-state index is 0.0298. The number of nitrogens with one attached hydrogen (secondary N) is 1. The first-order valence-corrected chi connectivity index (χ1v) is 5.26. The zero-order valence-corrected chi connectivity index (χ0v) is 9.74. The van der Waals surface area contributed by atoms with E-state index in [1.165, 1.54) is 0 Å². The van der Waals surface area contributed by atoms with Crippen LogP contribution in [0.3, 0.4) is 0 Å². The maximum Gasteiger partial charge on any atom is 0.416 e. The monoisotopic (exact) mass is 282 g/mol. The van der Waals surface area contributed by atoms with E-state index < -0.39 is 17.6 Å². The Bertz CT molecular complexity index is 659. The van der Waals surface area contributed by atoms with E-state index in [-0.39, 0.29) is 17.2 Å². The fraction of sp³-hybridized carbons (Fsp3) is 0.0833. The smallest absolute Gasteiger partial charge is 0.337 e. The topological polar surface area (TPSA) is 61.6 Å². The van der Waals surface area contributed by atoms with Gasteiger partial charge in [0.15, 0.2) is 5.69 Å². The van der Waals surface area contributed by atoms with Crippen LogP contribution in [0.4, 0.5) is 29.1 Å². The van der Waals surface area contributed by atoms with Gasteiger partial charge in [-0.25, -0.2) is 14.4 Å². The molecule has 0 saturated heterocycles. The molecular formula is C12H6F4N4. The van der Waals surface area contributed by atoms with Crippen molar-refractivity contribution >= 4 is 11.5 Å². The summed E-state index contributed by atoms with van der Waals surface area (Å²) >= 11 is 0. The van der Waals surface area contributed by atoms with Crippen LogP contribution in [0.2, 0.25) is 0 Å². The zero-order valence-electron chi connectivity index (χ0n) is 9.74. The van der Waals surface area contributed by atoms with Crippen LogP contribution in [0.1, 0.15) is 11.3 Å². The lowest BCUT2D eigenvalue weighted by molar-refractivity contribution is -0.137. The average Bonchev–Trinajstić information content (AvgIpc) is 2.41. The van der Waals surface area contributed by atoms with Crippen LogP contribution in [0.5, 0.6) is 0 Å². The SMILES string of the molecule is N#Cc1cnc(Nc2cc(C(F)(F)F)ccc2F)cn1. The van der Waals surface area contributed by atoms with Crippen molar-refractivity contribution in [3.05, 3.63) is 47.7 Å². The van der Waals surface area contributed by atoms with Gasteiger partial charge < -0.3 is 5.32 Å². The first-order chi connectivity index (χ1) is 9.40. The van der Waals surface area contributed by atoms with Crippen molar-refractivity contribution in [1.82, 2.24) is 9.97 Å². The van der Waals surface area contributed by atoms with Gasteiger partial charge in [0.25, 0.3) is 0 Å². The molecule has 102 valence electrons. The standard InChI is InChI=1S/C12H6F4N4/c13-9-2-1-7(12(14,15)16)3-10(9)20-11-6-18-8(4-17)5-19-11/h1-3,5-6H,(H,19,20). The molecule has 0 radical (unpaired) electrons. The summed E-state index contributed by atoms with van der Waals surface area (Å²) in [5.74, 6) is -0.827. The molecule has 1 aromatic heterocycles. The van der Waals surface area contributed by atoms with Crippen LogP contribution in [0.25, 0.3) is 0 Å². The summed E-state index contributed by atoms with van der Waals surface area (Å²) in [4.78, 5) is 7.40. The van der Waals surface area contributed by atoms with Crippen molar-refractivity contribution in [1.29, 1.82) is 5.26 Å². The third kappa shape index (κ3) is 3.00. The van der Waals surface area contributed by atoms with E-state index in [9.17, 15) is 17.6 Å². The van der Waals surface area contributed by atoms with Crippen LogP contribution in [0.15, 0.2) is 30.6 Å². The summed E-state index contributed by atoms with van der Waals surface area (Å²) in [5, 5.41) is 10.9. The van der Waals surface area contributed by atoms with Crippen LogP contribution < -0.4 is 5.32 Å². The lowest BCUT2D eigenvalue weighted by Gasteiger charge is -2.11. The van der Waals surface area contributed by atoms with Crippen molar-refractivity contribution in [3.63, 3.8) is 0 Å². The molecule has 0 bridgehead atoms. The molecule has 0 saturated carbocycles. The first kappa shape index (κ1) is 13.7. The molecule has 0 fully saturated rings. The summed E-state index contributed by atoms with van der Waals surface area (Å²) in [6.07, 6.45) is -2.33. The predicted octanol–water partition coefficient (Wildman–Crippen LogP) is 3.25. The molecule has 1 heterocycles. The van der Waals surface area contributed by atoms with E-state index >= 15 is 0 Å². The number of nitriles is 1. The van der Waals surface area contributed by atoms with Gasteiger partial charge in [0, 0.05) is 0 Å². The number of halogens is 4. The molecule has 0 unspecified atom stereocenters. The van der Waals surface area contributed by atoms with Gasteiger partial charge in [-0.05, 0) is 18.2 Å². The van der Waals surface area contributed by atoms with Crippen molar-refractivity contribution < 1.29 is 17.6 Å². The Morgan fingerprint density at radius 2 is 1.90 bits per heavy atom. The van der Waals surface area contributed by atoms with E-state index in [1.54, 1.807) is 6.07 Å². The summed E-state index contributed by atoms with van der Waals surface area (Å²) < 4.78 is 51.0. The van der Waals surface area contributed by atoms with E-state index in [2.05, 4.69) is 15.3 Å². The molecule has 4 nitrogen and oxygen atoms in total. The molecule has 8 heteroatoms. The van der Waals surface area contributed by atoms with Crippen LogP contribution in [-0.2, 0) is 6.18 Å². The Morgan fingerprint density at radius 3 is 2.45 bits per heavy atom. The van der Waals surface area contributed by atoms with Crippen LogP contribution in [-0.4, -0.2) is 9.97 Å². The zero-order chi connectivity index (χ0) is 14.8. The summed E-state index contributed by atoms with van der Waals surface area (Å²) in [6.45, 7) is 0. The number of benzene rings is 1. The Labute approximate surface area is 110 Å². The number of alkyl halides is 3. The molecule has 0 aliphatic carbocycles. The third-order valence-electron chi connectivity index (χ3n) is 2.32. The van der Waals surface area contributed by atoms with Gasteiger partial charge in [-0.1, -0.05) is 0 Å². The average molecular weight is 282 g/mol. The Balaban J connectivity index is 2.30. The van der Waals surface area contributed by atoms with Crippen LogP contribution >= 0.6 is 0 Å². The summed E-state index contributed by atoms with van der Waals surface area (Å²) in [7, 11) is 0. The molecular weight excluding hydrogens is 276 g/mol. The molecule has 1 N–H and O–H groups in total. The number of aromatic nitrogens is 2. The van der Waals surface area contributed by atoms with Gasteiger partial charge in [-0.3, -0.25) is 0 Å².